The largest absolute Gasteiger partial charge is 0.481 e. The van der Waals surface area contributed by atoms with Gasteiger partial charge in [-0.1, -0.05) is 44.2 Å². The molecule has 1 unspecified atom stereocenters. The molecule has 7 N–H and O–H groups in total. The number of ketones is 1. The Labute approximate surface area is 554 Å². The highest BCUT2D eigenvalue weighted by Crippen LogP contribution is 2.42. The second-order valence-corrected chi connectivity index (χ2v) is 28.0. The number of aromatic nitrogens is 8. The van der Waals surface area contributed by atoms with Crippen molar-refractivity contribution in [2.24, 2.45) is 17.8 Å². The van der Waals surface area contributed by atoms with Gasteiger partial charge in [-0.2, -0.15) is 0 Å². The number of rotatable bonds is 13. The van der Waals surface area contributed by atoms with Gasteiger partial charge < -0.3 is 41.3 Å². The molecule has 11 rings (SSSR count). The van der Waals surface area contributed by atoms with Crippen molar-refractivity contribution in [2.75, 3.05) is 25.6 Å². The van der Waals surface area contributed by atoms with Crippen molar-refractivity contribution in [2.45, 2.75) is 90.0 Å². The number of thiazole rings is 6. The number of amides is 5. The van der Waals surface area contributed by atoms with Crippen molar-refractivity contribution in [3.05, 3.63) is 135 Å². The van der Waals surface area contributed by atoms with Gasteiger partial charge in [0.15, 0.2) is 11.6 Å². The normalized spacial score (nSPS) is 18.4. The summed E-state index contributed by atoms with van der Waals surface area (Å²) in [5.41, 5.74) is 2.47. The van der Waals surface area contributed by atoms with Crippen LogP contribution in [-0.4, -0.2) is 123 Å². The molecule has 0 saturated heterocycles. The van der Waals surface area contributed by atoms with E-state index < -0.39 is 78.1 Å². The van der Waals surface area contributed by atoms with Crippen LogP contribution in [-0.2, 0) is 30.5 Å². The molecule has 2 aliphatic rings. The molecule has 1 aliphatic heterocycles. The van der Waals surface area contributed by atoms with E-state index >= 15 is 0 Å². The third-order valence-electron chi connectivity index (χ3n) is 15.7. The number of aliphatic carboxylic acids is 1. The number of aromatic carboxylic acids is 1. The topological polar surface area (TPSA) is 361 Å². The second kappa shape index (κ2) is 28.6. The molecule has 31 heteroatoms. The standard InChI is InChI=1S/C62H59N13O12S6/c1-28(2)35-19-42(76)47-29(3)92-58(73-47)38(20-45(77)63-4)67-52(80)40-25-88-54(69-40)34-16-18-36(56-71-44(27-91-56)75(33-15-17-37(62(85)86)64-21-33)60(82)31-11-13-32(14-12-31)61(83)84)66-48(34)39-24-89-57(68-39)41-26-90-59(70-41)50(51(79)30-9-7-6-8-10-30)72-46(78)22-65-53(81)49-43(23-87-5)93-55(35)74-49/h6-10,15-18,21,24-28,31-32,35,38,50-51,79H,11-14,19-20,22-23H2,1-5H3,(H,63,77)(H,65,81)(H,67,80)(H,72,78)(H,83,84)(H,85,86)/t31?,32?,35?,38-,50-,51-/m0/s1. The maximum absolute atomic E-state index is 14.6. The van der Waals surface area contributed by atoms with Gasteiger partial charge in [-0.05, 0) is 68.4 Å². The molecule has 93 heavy (non-hydrogen) atoms. The number of anilines is 2. The lowest BCUT2D eigenvalue weighted by atomic mass is 9.81. The highest BCUT2D eigenvalue weighted by Gasteiger charge is 2.37. The van der Waals surface area contributed by atoms with E-state index in [1.54, 1.807) is 70.9 Å². The van der Waals surface area contributed by atoms with Crippen LogP contribution in [0.15, 0.2) is 82.3 Å². The van der Waals surface area contributed by atoms with Gasteiger partial charge in [0.05, 0.1) is 59.0 Å². The number of nitrogens with zero attached hydrogens (tertiary/aromatic N) is 9. The van der Waals surface area contributed by atoms with Crippen molar-refractivity contribution in [1.29, 1.82) is 0 Å². The lowest BCUT2D eigenvalue weighted by Crippen LogP contribution is -2.40. The summed E-state index contributed by atoms with van der Waals surface area (Å²) in [4.78, 5) is 149. The van der Waals surface area contributed by atoms with Crippen LogP contribution in [0, 0.1) is 24.7 Å². The number of fused-ring (bicyclic) bond motifs is 14. The molecule has 1 aromatic carbocycles. The molecule has 10 bridgehead atoms. The minimum Gasteiger partial charge on any atom is -0.481 e. The molecule has 1 aliphatic carbocycles. The number of pyridine rings is 2. The van der Waals surface area contributed by atoms with Crippen molar-refractivity contribution in [3.8, 4) is 43.4 Å². The third kappa shape index (κ3) is 14.5. The van der Waals surface area contributed by atoms with Gasteiger partial charge in [-0.3, -0.25) is 38.5 Å². The first kappa shape index (κ1) is 65.7. The number of methoxy groups -OCH3 is 1. The number of hydrogen-bond acceptors (Lipinski definition) is 24. The lowest BCUT2D eigenvalue weighted by molar-refractivity contribution is -0.144. The quantitative estimate of drug-likeness (QED) is 0.0564. The van der Waals surface area contributed by atoms with E-state index in [-0.39, 0.29) is 71.3 Å². The average molecular weight is 1370 g/mol. The average Bonchev–Trinajstić information content (AvgIpc) is 1.88. The monoisotopic (exact) mass is 1370 g/mol. The van der Waals surface area contributed by atoms with Crippen LogP contribution in [0.25, 0.3) is 43.4 Å². The maximum atomic E-state index is 14.6. The molecule has 480 valence electrons. The molecule has 0 radical (unpaired) electrons. The minimum absolute atomic E-state index is 0.00506. The summed E-state index contributed by atoms with van der Waals surface area (Å²) < 4.78 is 5.48. The van der Waals surface area contributed by atoms with Crippen LogP contribution in [0.1, 0.15) is 149 Å². The summed E-state index contributed by atoms with van der Waals surface area (Å²) in [5, 5.41) is 51.4. The summed E-state index contributed by atoms with van der Waals surface area (Å²) in [6.07, 6.45) is 0.870. The molecular formula is C62H59N13O12S6. The lowest BCUT2D eigenvalue weighted by Gasteiger charge is -2.30. The van der Waals surface area contributed by atoms with E-state index in [0.717, 1.165) is 22.7 Å². The summed E-state index contributed by atoms with van der Waals surface area (Å²) in [5.74, 6) is -6.88. The van der Waals surface area contributed by atoms with Gasteiger partial charge in [0, 0.05) is 64.4 Å². The smallest absolute Gasteiger partial charge is 0.354 e. The fraction of sp³-hybridized carbons (Fsp3) is 0.323. The van der Waals surface area contributed by atoms with Gasteiger partial charge in [0.1, 0.15) is 77.0 Å². The first-order valence-corrected chi connectivity index (χ1v) is 34.3. The third-order valence-corrected chi connectivity index (χ3v) is 21.5. The Morgan fingerprint density at radius 2 is 1.41 bits per heavy atom. The second-order valence-electron chi connectivity index (χ2n) is 22.2. The minimum atomic E-state index is -1.31. The number of benzene rings is 1. The van der Waals surface area contributed by atoms with Crippen LogP contribution in [0.2, 0.25) is 0 Å². The molecule has 9 heterocycles. The van der Waals surface area contributed by atoms with Crippen molar-refractivity contribution < 1.29 is 58.4 Å². The number of carbonyl (C=O) groups excluding carboxylic acids is 6. The number of carbonyl (C=O) groups is 8. The number of aliphatic hydroxyl groups excluding tert-OH is 1. The maximum Gasteiger partial charge on any atom is 0.354 e. The predicted octanol–water partition coefficient (Wildman–Crippen LogP) is 9.85. The van der Waals surface area contributed by atoms with Crippen LogP contribution in [0.4, 0.5) is 11.5 Å². The van der Waals surface area contributed by atoms with E-state index in [2.05, 4.69) is 26.3 Å². The zero-order chi connectivity index (χ0) is 65.8. The van der Waals surface area contributed by atoms with Crippen LogP contribution < -0.4 is 26.2 Å². The van der Waals surface area contributed by atoms with E-state index in [1.807, 2.05) is 13.8 Å². The number of hydrogen-bond donors (Lipinski definition) is 7. The number of aryl methyl sites for hydroxylation is 1. The molecule has 4 atom stereocenters. The Morgan fingerprint density at radius 1 is 0.710 bits per heavy atom. The summed E-state index contributed by atoms with van der Waals surface area (Å²) in [6.45, 7) is 5.09. The molecule has 1 fully saturated rings. The summed E-state index contributed by atoms with van der Waals surface area (Å²) >= 11 is 7.09. The SMILES string of the molecule is CNC(=O)C[C@@H]1NC(=O)c2csc(n2)-c2ccc(-c3nc(N(C(=O)C4CCC(C(=O)O)CC4)c4ccc(C(=O)O)nc4)cs3)nc2-c2csc(n2)-c2csc(n2)[C@H]([C@@H](O)c2ccccc2)NC(=O)CNC(=O)c2nc(sc2COC)C(C(C)C)CC(=O)c2nc1sc2C. The van der Waals surface area contributed by atoms with E-state index in [4.69, 9.17) is 39.6 Å². The summed E-state index contributed by atoms with van der Waals surface area (Å²) in [7, 11) is 2.94. The molecule has 8 aromatic heterocycles. The Morgan fingerprint density at radius 3 is 2.12 bits per heavy atom. The van der Waals surface area contributed by atoms with Gasteiger partial charge in [-0.15, -0.1) is 68.0 Å². The Kier molecular flexibility index (Phi) is 20.2. The van der Waals surface area contributed by atoms with Gasteiger partial charge >= 0.3 is 11.9 Å². The van der Waals surface area contributed by atoms with E-state index in [9.17, 15) is 53.7 Å². The molecule has 5 amide bonds. The Hall–Kier alpha value is -8.82. The molecule has 9 aromatic rings. The zero-order valence-electron chi connectivity index (χ0n) is 50.3. The van der Waals surface area contributed by atoms with Crippen molar-refractivity contribution in [1.82, 2.24) is 61.1 Å². The molecule has 0 spiro atoms. The number of Topliss-reactive ketones (excluding diaryl/α,β-unsaturated/α-hetero) is 1. The van der Waals surface area contributed by atoms with Gasteiger partial charge in [0.25, 0.3) is 11.8 Å². The van der Waals surface area contributed by atoms with Crippen LogP contribution in [0.3, 0.4) is 0 Å². The van der Waals surface area contributed by atoms with Crippen LogP contribution >= 0.6 is 68.0 Å². The number of ether oxygens (including phenoxy) is 1. The number of carboxylic acid groups (broad SMARTS) is 2. The van der Waals surface area contributed by atoms with E-state index in [1.165, 1.54) is 82.7 Å². The zero-order valence-corrected chi connectivity index (χ0v) is 55.2. The predicted molar refractivity (Wildman–Crippen MR) is 350 cm³/mol. The Bertz CT molecular complexity index is 4300. The number of carboxylic acids is 2. The van der Waals surface area contributed by atoms with Gasteiger partial charge in [-0.25, -0.2) is 44.7 Å². The van der Waals surface area contributed by atoms with Crippen molar-refractivity contribution in [3.63, 3.8) is 0 Å². The highest BCUT2D eigenvalue weighted by atomic mass is 32.1. The molecule has 25 nitrogen and oxygen atoms in total. The number of nitrogens with one attached hydrogen (secondary N) is 4. The summed E-state index contributed by atoms with van der Waals surface area (Å²) in [6, 6.07) is 12.8. The Balaban J connectivity index is 0.995. The van der Waals surface area contributed by atoms with E-state index in [0.29, 0.717) is 99.4 Å². The first-order chi connectivity index (χ1) is 44.7. The molecule has 1 saturated carbocycles. The van der Waals surface area contributed by atoms with Crippen molar-refractivity contribution >= 4 is 127 Å². The highest BCUT2D eigenvalue weighted by molar-refractivity contribution is 7.15. The number of aliphatic hydroxyl groups is 1. The van der Waals surface area contributed by atoms with Crippen LogP contribution in [0.5, 0.6) is 0 Å². The first-order valence-electron chi connectivity index (χ1n) is 29.2. The fourth-order valence-corrected chi connectivity index (χ4v) is 16.3. The van der Waals surface area contributed by atoms with Gasteiger partial charge in [0.2, 0.25) is 17.7 Å². The molecular weight excluding hydrogens is 1310 g/mol. The fourth-order valence-electron chi connectivity index (χ4n) is 10.7.